The predicted molar refractivity (Wildman–Crippen MR) is 76.6 cm³/mol. The van der Waals surface area contributed by atoms with E-state index in [9.17, 15) is 0 Å². The van der Waals surface area contributed by atoms with Gasteiger partial charge in [0, 0.05) is 0 Å². The van der Waals surface area contributed by atoms with Gasteiger partial charge in [0.25, 0.3) is 0 Å². The van der Waals surface area contributed by atoms with Crippen LogP contribution in [0.5, 0.6) is 0 Å². The molecule has 0 aromatic rings. The van der Waals surface area contributed by atoms with Crippen LogP contribution in [0, 0.1) is 0 Å². The molecule has 0 aliphatic heterocycles. The second kappa shape index (κ2) is 13.9. The Morgan fingerprint density at radius 2 is 1.29 bits per heavy atom. The largest absolute Gasteiger partial charge is 0.301 e. The van der Waals surface area contributed by atoms with Crippen molar-refractivity contribution in [3.63, 3.8) is 0 Å². The van der Waals surface area contributed by atoms with Gasteiger partial charge in [0.2, 0.25) is 0 Å². The van der Waals surface area contributed by atoms with Crippen molar-refractivity contribution in [3.05, 3.63) is 0 Å². The van der Waals surface area contributed by atoms with Gasteiger partial charge in [-0.25, -0.2) is 5.43 Å². The van der Waals surface area contributed by atoms with Crippen LogP contribution in [0.25, 0.3) is 0 Å². The standard InChI is InChI=1S/C14H33N3/c1-3-4-5-6-7-8-9-10-11-12-13-16-14(2)17-15/h14,16-17H,3-13,15H2,1-2H3. The molecule has 17 heavy (non-hydrogen) atoms. The Hall–Kier alpha value is -0.120. The lowest BCUT2D eigenvalue weighted by atomic mass is 10.1. The summed E-state index contributed by atoms with van der Waals surface area (Å²) in [4.78, 5) is 0. The average molecular weight is 243 g/mol. The summed E-state index contributed by atoms with van der Waals surface area (Å²) in [7, 11) is 0. The summed E-state index contributed by atoms with van der Waals surface area (Å²) >= 11 is 0. The molecular weight excluding hydrogens is 210 g/mol. The number of hydrogen-bond acceptors (Lipinski definition) is 3. The first-order valence-corrected chi connectivity index (χ1v) is 7.50. The molecule has 0 saturated heterocycles. The van der Waals surface area contributed by atoms with E-state index in [4.69, 9.17) is 5.84 Å². The van der Waals surface area contributed by atoms with Gasteiger partial charge < -0.3 is 5.32 Å². The van der Waals surface area contributed by atoms with Gasteiger partial charge in [-0.3, -0.25) is 5.84 Å². The molecule has 0 saturated carbocycles. The zero-order valence-corrected chi connectivity index (χ0v) is 11.9. The molecule has 3 heteroatoms. The maximum absolute atomic E-state index is 5.29. The lowest BCUT2D eigenvalue weighted by Crippen LogP contribution is -2.44. The van der Waals surface area contributed by atoms with Gasteiger partial charge >= 0.3 is 0 Å². The van der Waals surface area contributed by atoms with E-state index < -0.39 is 0 Å². The summed E-state index contributed by atoms with van der Waals surface area (Å²) < 4.78 is 0. The van der Waals surface area contributed by atoms with Crippen LogP contribution >= 0.6 is 0 Å². The third-order valence-corrected chi connectivity index (χ3v) is 3.23. The highest BCUT2D eigenvalue weighted by Crippen LogP contribution is 2.10. The summed E-state index contributed by atoms with van der Waals surface area (Å²) in [6.45, 7) is 5.38. The van der Waals surface area contributed by atoms with Gasteiger partial charge in [0.05, 0.1) is 6.17 Å². The molecule has 1 atom stereocenters. The van der Waals surface area contributed by atoms with Crippen LogP contribution in [0.1, 0.15) is 78.1 Å². The summed E-state index contributed by atoms with van der Waals surface area (Å²) in [5, 5.41) is 3.32. The van der Waals surface area contributed by atoms with Crippen LogP contribution in [0.3, 0.4) is 0 Å². The van der Waals surface area contributed by atoms with Gasteiger partial charge in [-0.15, -0.1) is 0 Å². The van der Waals surface area contributed by atoms with Gasteiger partial charge in [0.1, 0.15) is 0 Å². The van der Waals surface area contributed by atoms with E-state index in [1.807, 2.05) is 6.92 Å². The minimum Gasteiger partial charge on any atom is -0.301 e. The maximum Gasteiger partial charge on any atom is 0.0673 e. The normalized spacial score (nSPS) is 12.9. The number of unbranched alkanes of at least 4 members (excludes halogenated alkanes) is 9. The van der Waals surface area contributed by atoms with Crippen molar-refractivity contribution in [1.29, 1.82) is 0 Å². The van der Waals surface area contributed by atoms with E-state index in [-0.39, 0.29) is 6.17 Å². The zero-order chi connectivity index (χ0) is 12.8. The third kappa shape index (κ3) is 13.8. The maximum atomic E-state index is 5.29. The summed E-state index contributed by atoms with van der Waals surface area (Å²) in [5.74, 6) is 5.29. The number of hydrazine groups is 1. The predicted octanol–water partition coefficient (Wildman–Crippen LogP) is 3.31. The van der Waals surface area contributed by atoms with Crippen molar-refractivity contribution in [2.24, 2.45) is 5.84 Å². The lowest BCUT2D eigenvalue weighted by Gasteiger charge is -2.11. The van der Waals surface area contributed by atoms with Gasteiger partial charge in [0.15, 0.2) is 0 Å². The van der Waals surface area contributed by atoms with Crippen LogP contribution in [-0.4, -0.2) is 12.7 Å². The summed E-state index contributed by atoms with van der Waals surface area (Å²) in [5.41, 5.74) is 2.69. The number of hydrogen-bond donors (Lipinski definition) is 3. The Balaban J connectivity index is 2.94. The van der Waals surface area contributed by atoms with Crippen LogP contribution in [0.2, 0.25) is 0 Å². The monoisotopic (exact) mass is 243 g/mol. The summed E-state index contributed by atoms with van der Waals surface area (Å²) in [6, 6.07) is 0. The number of nitrogens with one attached hydrogen (secondary N) is 2. The van der Waals surface area contributed by atoms with Crippen LogP contribution in [-0.2, 0) is 0 Å². The molecule has 0 heterocycles. The average Bonchev–Trinajstić information content (AvgIpc) is 2.35. The van der Waals surface area contributed by atoms with Crippen molar-refractivity contribution in [2.75, 3.05) is 6.54 Å². The minimum absolute atomic E-state index is 0.230. The van der Waals surface area contributed by atoms with Crippen molar-refractivity contribution in [3.8, 4) is 0 Å². The fraction of sp³-hybridized carbons (Fsp3) is 1.00. The molecule has 0 aromatic heterocycles. The molecule has 0 spiro atoms. The van der Waals surface area contributed by atoms with Gasteiger partial charge in [-0.05, 0) is 19.9 Å². The molecule has 0 bridgehead atoms. The number of rotatable bonds is 13. The highest BCUT2D eigenvalue weighted by molar-refractivity contribution is 4.54. The van der Waals surface area contributed by atoms with E-state index in [2.05, 4.69) is 17.7 Å². The molecule has 0 aliphatic rings. The molecule has 4 N–H and O–H groups in total. The molecule has 104 valence electrons. The molecule has 0 radical (unpaired) electrons. The SMILES string of the molecule is CCCCCCCCCCCCNC(C)NN. The first-order valence-electron chi connectivity index (χ1n) is 7.50. The van der Waals surface area contributed by atoms with Crippen molar-refractivity contribution < 1.29 is 0 Å². The van der Waals surface area contributed by atoms with Crippen molar-refractivity contribution in [1.82, 2.24) is 10.7 Å². The second-order valence-corrected chi connectivity index (χ2v) is 5.02. The zero-order valence-electron chi connectivity index (χ0n) is 11.9. The second-order valence-electron chi connectivity index (χ2n) is 5.02. The van der Waals surface area contributed by atoms with Crippen LogP contribution in [0.4, 0.5) is 0 Å². The Morgan fingerprint density at radius 3 is 1.76 bits per heavy atom. The van der Waals surface area contributed by atoms with Gasteiger partial charge in [-0.1, -0.05) is 64.7 Å². The highest BCUT2D eigenvalue weighted by atomic mass is 15.3. The van der Waals surface area contributed by atoms with E-state index in [0.29, 0.717) is 0 Å². The smallest absolute Gasteiger partial charge is 0.0673 e. The third-order valence-electron chi connectivity index (χ3n) is 3.23. The molecule has 3 nitrogen and oxygen atoms in total. The van der Waals surface area contributed by atoms with Crippen LogP contribution < -0.4 is 16.6 Å². The molecule has 0 amide bonds. The Bertz CT molecular complexity index is 139. The number of nitrogens with two attached hydrogens (primary N) is 1. The molecule has 0 aromatic carbocycles. The van der Waals surface area contributed by atoms with E-state index in [0.717, 1.165) is 6.54 Å². The van der Waals surface area contributed by atoms with Crippen LogP contribution in [0.15, 0.2) is 0 Å². The van der Waals surface area contributed by atoms with E-state index in [1.165, 1.54) is 64.2 Å². The first-order chi connectivity index (χ1) is 8.31. The first kappa shape index (κ1) is 16.9. The lowest BCUT2D eigenvalue weighted by molar-refractivity contribution is 0.450. The van der Waals surface area contributed by atoms with Gasteiger partial charge in [-0.2, -0.15) is 0 Å². The van der Waals surface area contributed by atoms with E-state index >= 15 is 0 Å². The fourth-order valence-corrected chi connectivity index (χ4v) is 1.99. The minimum atomic E-state index is 0.230. The molecule has 0 rings (SSSR count). The Labute approximate surface area is 108 Å². The quantitative estimate of drug-likeness (QED) is 0.201. The fourth-order valence-electron chi connectivity index (χ4n) is 1.99. The molecular formula is C14H33N3. The van der Waals surface area contributed by atoms with Crippen molar-refractivity contribution >= 4 is 0 Å². The molecule has 0 aliphatic carbocycles. The Kier molecular flexibility index (Phi) is 13.8. The highest BCUT2D eigenvalue weighted by Gasteiger charge is 1.96. The summed E-state index contributed by atoms with van der Waals surface area (Å²) in [6.07, 6.45) is 14.2. The van der Waals surface area contributed by atoms with E-state index in [1.54, 1.807) is 0 Å². The topological polar surface area (TPSA) is 50.1 Å². The van der Waals surface area contributed by atoms with Crippen molar-refractivity contribution in [2.45, 2.75) is 84.2 Å². The molecule has 0 fully saturated rings. The molecule has 1 unspecified atom stereocenters. The Morgan fingerprint density at radius 1 is 0.824 bits per heavy atom.